The second kappa shape index (κ2) is 7.78. The van der Waals surface area contributed by atoms with E-state index in [-0.39, 0.29) is 23.2 Å². The van der Waals surface area contributed by atoms with Crippen molar-refractivity contribution in [3.63, 3.8) is 0 Å². The van der Waals surface area contributed by atoms with Gasteiger partial charge in [0.1, 0.15) is 5.82 Å². The summed E-state index contributed by atoms with van der Waals surface area (Å²) in [7, 11) is 0. The van der Waals surface area contributed by atoms with Gasteiger partial charge in [-0.3, -0.25) is 4.79 Å². The molecule has 27 heavy (non-hydrogen) atoms. The number of likely N-dealkylation sites (tertiary alicyclic amines) is 1. The molecule has 0 saturated carbocycles. The first-order valence-electron chi connectivity index (χ1n) is 8.69. The van der Waals surface area contributed by atoms with Crippen molar-refractivity contribution in [2.75, 3.05) is 13.1 Å². The molecule has 5 nitrogen and oxygen atoms in total. The zero-order valence-corrected chi connectivity index (χ0v) is 16.0. The minimum Gasteiger partial charge on any atom is -0.342 e. The van der Waals surface area contributed by atoms with Gasteiger partial charge in [0, 0.05) is 28.9 Å². The van der Waals surface area contributed by atoms with Gasteiger partial charge in [0.15, 0.2) is 0 Å². The van der Waals surface area contributed by atoms with Crippen LogP contribution < -0.4 is 0 Å². The fraction of sp³-hybridized carbons (Fsp3) is 0.316. The maximum Gasteiger partial charge on any atom is 0.230 e. The molecule has 1 aliphatic rings. The Bertz CT molecular complexity index is 936. The number of piperidine rings is 1. The lowest BCUT2D eigenvalue weighted by Crippen LogP contribution is -2.38. The number of thiophene rings is 1. The molecular weight excluding hydrogens is 389 g/mol. The Hall–Kier alpha value is -2.25. The molecule has 140 valence electrons. The molecule has 1 amide bonds. The summed E-state index contributed by atoms with van der Waals surface area (Å²) in [6.45, 7) is 1.31. The first kappa shape index (κ1) is 18.1. The van der Waals surface area contributed by atoms with Crippen LogP contribution in [0, 0.1) is 5.82 Å². The number of aromatic nitrogens is 2. The van der Waals surface area contributed by atoms with Crippen molar-refractivity contribution in [1.82, 2.24) is 15.0 Å². The number of rotatable bonds is 4. The molecule has 0 atom stereocenters. The molecule has 1 saturated heterocycles. The lowest BCUT2D eigenvalue weighted by atomic mass is 9.96. The number of amides is 1. The van der Waals surface area contributed by atoms with Crippen LogP contribution in [0.2, 0.25) is 5.02 Å². The molecular formula is C19H17ClFN3O2S. The van der Waals surface area contributed by atoms with E-state index in [0.717, 1.165) is 17.7 Å². The van der Waals surface area contributed by atoms with Crippen LogP contribution in [0.5, 0.6) is 0 Å². The number of nitrogens with zero attached hydrogens (tertiary/aromatic N) is 3. The minimum absolute atomic E-state index is 0.0763. The number of carbonyl (C=O) groups is 1. The number of carbonyl (C=O) groups excluding carboxylic acids is 1. The molecule has 3 heterocycles. The topological polar surface area (TPSA) is 59.2 Å². The van der Waals surface area contributed by atoms with Gasteiger partial charge in [-0.15, -0.1) is 11.3 Å². The normalized spacial score (nSPS) is 15.3. The molecule has 1 aliphatic heterocycles. The molecule has 0 radical (unpaired) electrons. The van der Waals surface area contributed by atoms with Crippen LogP contribution in [0.3, 0.4) is 0 Å². The summed E-state index contributed by atoms with van der Waals surface area (Å²) in [4.78, 5) is 19.7. The van der Waals surface area contributed by atoms with Gasteiger partial charge in [0.25, 0.3) is 0 Å². The summed E-state index contributed by atoms with van der Waals surface area (Å²) < 4.78 is 19.4. The number of benzene rings is 1. The predicted molar refractivity (Wildman–Crippen MR) is 101 cm³/mol. The Labute approximate surface area is 164 Å². The van der Waals surface area contributed by atoms with E-state index in [1.807, 2.05) is 22.4 Å². The lowest BCUT2D eigenvalue weighted by molar-refractivity contribution is -0.131. The molecule has 0 N–H and O–H groups in total. The minimum atomic E-state index is -0.483. The third-order valence-corrected chi connectivity index (χ3v) is 5.83. The van der Waals surface area contributed by atoms with E-state index >= 15 is 0 Å². The van der Waals surface area contributed by atoms with Crippen LogP contribution >= 0.6 is 22.9 Å². The highest BCUT2D eigenvalue weighted by atomic mass is 35.5. The van der Waals surface area contributed by atoms with Gasteiger partial charge in [0.05, 0.1) is 12.0 Å². The van der Waals surface area contributed by atoms with E-state index in [0.29, 0.717) is 30.4 Å². The van der Waals surface area contributed by atoms with E-state index in [2.05, 4.69) is 10.1 Å². The first-order valence-corrected chi connectivity index (χ1v) is 9.95. The zero-order valence-electron chi connectivity index (χ0n) is 14.4. The van der Waals surface area contributed by atoms with Gasteiger partial charge < -0.3 is 9.42 Å². The Morgan fingerprint density at radius 2 is 2.15 bits per heavy atom. The van der Waals surface area contributed by atoms with Crippen LogP contribution in [0.1, 0.15) is 29.5 Å². The molecule has 2 aromatic heterocycles. The van der Waals surface area contributed by atoms with Gasteiger partial charge in [-0.1, -0.05) is 22.8 Å². The van der Waals surface area contributed by atoms with Crippen molar-refractivity contribution in [2.24, 2.45) is 0 Å². The number of hydrogen-bond acceptors (Lipinski definition) is 5. The average Bonchev–Trinajstić information content (AvgIpc) is 3.34. The van der Waals surface area contributed by atoms with Crippen molar-refractivity contribution >= 4 is 28.8 Å². The number of halogens is 2. The van der Waals surface area contributed by atoms with E-state index in [1.165, 1.54) is 12.1 Å². The predicted octanol–water partition coefficient (Wildman–Crippen LogP) is 4.54. The van der Waals surface area contributed by atoms with Gasteiger partial charge in [-0.25, -0.2) is 4.39 Å². The SMILES string of the molecule is O=C(Cc1cccs1)N1CCC(c2nc(-c3ccc(Cl)cc3F)no2)CC1. The Morgan fingerprint density at radius 3 is 2.85 bits per heavy atom. The van der Waals surface area contributed by atoms with E-state index in [9.17, 15) is 9.18 Å². The molecule has 0 bridgehead atoms. The molecule has 8 heteroatoms. The zero-order chi connectivity index (χ0) is 18.8. The average molecular weight is 406 g/mol. The monoisotopic (exact) mass is 405 g/mol. The summed E-state index contributed by atoms with van der Waals surface area (Å²) in [6, 6.07) is 8.29. The van der Waals surface area contributed by atoms with Gasteiger partial charge in [-0.05, 0) is 42.5 Å². The second-order valence-corrected chi connectivity index (χ2v) is 7.96. The third kappa shape index (κ3) is 4.04. The fourth-order valence-electron chi connectivity index (χ4n) is 3.23. The molecule has 0 spiro atoms. The highest BCUT2D eigenvalue weighted by Crippen LogP contribution is 2.30. The standard InChI is InChI=1S/C19H17ClFN3O2S/c20-13-3-4-15(16(21)10-13)18-22-19(26-23-18)12-5-7-24(8-6-12)17(25)11-14-2-1-9-27-14/h1-4,9-10,12H,5-8,11H2. The maximum atomic E-state index is 14.0. The highest BCUT2D eigenvalue weighted by molar-refractivity contribution is 7.10. The van der Waals surface area contributed by atoms with Crippen LogP contribution in [0.15, 0.2) is 40.2 Å². The van der Waals surface area contributed by atoms with Crippen molar-refractivity contribution in [2.45, 2.75) is 25.2 Å². The Morgan fingerprint density at radius 1 is 1.33 bits per heavy atom. The summed E-state index contributed by atoms with van der Waals surface area (Å²) >= 11 is 7.37. The van der Waals surface area contributed by atoms with Crippen LogP contribution in [-0.4, -0.2) is 34.0 Å². The Balaban J connectivity index is 1.39. The maximum absolute atomic E-state index is 14.0. The van der Waals surface area contributed by atoms with Gasteiger partial charge >= 0.3 is 0 Å². The lowest BCUT2D eigenvalue weighted by Gasteiger charge is -2.30. The van der Waals surface area contributed by atoms with E-state index in [4.69, 9.17) is 16.1 Å². The summed E-state index contributed by atoms with van der Waals surface area (Å²) in [5.74, 6) is 0.446. The van der Waals surface area contributed by atoms with Crippen LogP contribution in [0.25, 0.3) is 11.4 Å². The molecule has 1 fully saturated rings. The van der Waals surface area contributed by atoms with Gasteiger partial charge in [-0.2, -0.15) is 4.98 Å². The van der Waals surface area contributed by atoms with Crippen molar-refractivity contribution < 1.29 is 13.7 Å². The molecule has 4 rings (SSSR count). The van der Waals surface area contributed by atoms with Crippen LogP contribution in [0.4, 0.5) is 4.39 Å². The van der Waals surface area contributed by atoms with Crippen molar-refractivity contribution in [3.8, 4) is 11.4 Å². The summed E-state index contributed by atoms with van der Waals surface area (Å²) in [6.07, 6.45) is 1.95. The van der Waals surface area contributed by atoms with E-state index < -0.39 is 5.82 Å². The van der Waals surface area contributed by atoms with Crippen molar-refractivity contribution in [1.29, 1.82) is 0 Å². The largest absolute Gasteiger partial charge is 0.342 e. The first-order chi connectivity index (χ1) is 13.1. The summed E-state index contributed by atoms with van der Waals surface area (Å²) in [5, 5.41) is 6.20. The van der Waals surface area contributed by atoms with Crippen molar-refractivity contribution in [3.05, 3.63) is 57.3 Å². The quantitative estimate of drug-likeness (QED) is 0.639. The molecule has 0 aliphatic carbocycles. The Kier molecular flexibility index (Phi) is 5.22. The second-order valence-electron chi connectivity index (χ2n) is 6.49. The number of hydrogen-bond donors (Lipinski definition) is 0. The van der Waals surface area contributed by atoms with Gasteiger partial charge in [0.2, 0.25) is 17.6 Å². The fourth-order valence-corrected chi connectivity index (χ4v) is 4.09. The summed E-state index contributed by atoms with van der Waals surface area (Å²) in [5.41, 5.74) is 0.262. The smallest absolute Gasteiger partial charge is 0.230 e. The highest BCUT2D eigenvalue weighted by Gasteiger charge is 2.28. The third-order valence-electron chi connectivity index (χ3n) is 4.72. The van der Waals surface area contributed by atoms with Crippen LogP contribution in [-0.2, 0) is 11.2 Å². The van der Waals surface area contributed by atoms with E-state index in [1.54, 1.807) is 17.4 Å². The molecule has 3 aromatic rings. The molecule has 0 unspecified atom stereocenters. The molecule has 1 aromatic carbocycles.